The van der Waals surface area contributed by atoms with E-state index < -0.39 is 6.04 Å². The van der Waals surface area contributed by atoms with E-state index in [1.54, 1.807) is 4.68 Å². The Bertz CT molecular complexity index is 1380. The maximum absolute atomic E-state index is 13.4. The minimum absolute atomic E-state index is 0.211. The molecule has 0 aliphatic heterocycles. The van der Waals surface area contributed by atoms with E-state index in [1.165, 1.54) is 10.2 Å². The Labute approximate surface area is 199 Å². The van der Waals surface area contributed by atoms with Crippen molar-refractivity contribution in [2.24, 2.45) is 0 Å². The first-order valence-corrected chi connectivity index (χ1v) is 11.7. The van der Waals surface area contributed by atoms with Gasteiger partial charge >= 0.3 is 0 Å². The summed E-state index contributed by atoms with van der Waals surface area (Å²) in [5.74, 6) is -0.211. The lowest BCUT2D eigenvalue weighted by Crippen LogP contribution is -2.39. The van der Waals surface area contributed by atoms with Crippen molar-refractivity contribution >= 4 is 16.8 Å². The summed E-state index contributed by atoms with van der Waals surface area (Å²) in [4.78, 5) is 26.4. The zero-order chi connectivity index (χ0) is 24.4. The van der Waals surface area contributed by atoms with Crippen molar-refractivity contribution in [3.63, 3.8) is 0 Å². The lowest BCUT2D eigenvalue weighted by Gasteiger charge is -2.17. The predicted octanol–water partition coefficient (Wildman–Crippen LogP) is 4.13. The number of nitrogens with zero attached hydrogens (tertiary/aromatic N) is 4. The topological polar surface area (TPSA) is 81.8 Å². The predicted molar refractivity (Wildman–Crippen MR) is 135 cm³/mol. The fourth-order valence-electron chi connectivity index (χ4n) is 4.27. The van der Waals surface area contributed by atoms with Crippen molar-refractivity contribution in [1.29, 1.82) is 0 Å². The summed E-state index contributed by atoms with van der Waals surface area (Å²) >= 11 is 0. The molecule has 2 aromatic carbocycles. The maximum Gasteiger partial charge on any atom is 0.295 e. The summed E-state index contributed by atoms with van der Waals surface area (Å²) in [6.45, 7) is 10.2. The monoisotopic (exact) mass is 457 g/mol. The summed E-state index contributed by atoms with van der Waals surface area (Å²) in [6.07, 6.45) is 1.18. The number of amides is 1. The number of hydrogen-bond acceptors (Lipinski definition) is 4. The Morgan fingerprint density at radius 2 is 1.56 bits per heavy atom. The first-order valence-electron chi connectivity index (χ1n) is 11.7. The molecule has 0 saturated heterocycles. The zero-order valence-corrected chi connectivity index (χ0v) is 20.4. The third-order valence-electron chi connectivity index (χ3n) is 6.24. The van der Waals surface area contributed by atoms with Crippen molar-refractivity contribution in [2.75, 3.05) is 6.54 Å². The number of benzene rings is 2. The van der Waals surface area contributed by atoms with E-state index in [1.807, 2.05) is 58.9 Å². The Hall–Kier alpha value is -3.74. The van der Waals surface area contributed by atoms with Gasteiger partial charge in [-0.25, -0.2) is 9.36 Å². The van der Waals surface area contributed by atoms with Crippen LogP contribution < -0.4 is 10.9 Å². The number of carbonyl (C=O) groups is 1. The Morgan fingerprint density at radius 3 is 2.18 bits per heavy atom. The number of carbonyl (C=O) groups excluding carboxylic acids is 1. The van der Waals surface area contributed by atoms with E-state index >= 15 is 0 Å². The van der Waals surface area contributed by atoms with Crippen LogP contribution in [0.2, 0.25) is 0 Å². The lowest BCUT2D eigenvalue weighted by molar-refractivity contribution is -0.124. The van der Waals surface area contributed by atoms with E-state index in [9.17, 15) is 9.59 Å². The largest absolute Gasteiger partial charge is 0.354 e. The molecule has 2 aromatic heterocycles. The molecule has 7 nitrogen and oxygen atoms in total. The Kier molecular flexibility index (Phi) is 6.63. The first-order chi connectivity index (χ1) is 16.3. The molecule has 4 rings (SSSR count). The van der Waals surface area contributed by atoms with Gasteiger partial charge in [0, 0.05) is 6.54 Å². The van der Waals surface area contributed by atoms with Gasteiger partial charge in [0.1, 0.15) is 6.04 Å². The van der Waals surface area contributed by atoms with Crippen LogP contribution in [0.15, 0.2) is 53.3 Å². The van der Waals surface area contributed by atoms with E-state index in [0.29, 0.717) is 24.2 Å². The summed E-state index contributed by atoms with van der Waals surface area (Å²) in [7, 11) is 0. The number of rotatable bonds is 7. The van der Waals surface area contributed by atoms with Crippen LogP contribution >= 0.6 is 0 Å². The van der Waals surface area contributed by atoms with Crippen molar-refractivity contribution in [1.82, 2.24) is 24.9 Å². The summed E-state index contributed by atoms with van der Waals surface area (Å²) in [6, 6.07) is 15.5. The van der Waals surface area contributed by atoms with Gasteiger partial charge in [0.2, 0.25) is 5.91 Å². The summed E-state index contributed by atoms with van der Waals surface area (Å²) < 4.78 is 3.07. The average Bonchev–Trinajstić information content (AvgIpc) is 3.17. The normalized spacial score (nSPS) is 12.1. The molecule has 0 bridgehead atoms. The lowest BCUT2D eigenvalue weighted by atomic mass is 10.1. The SMILES string of the molecule is CC[C@H](C(=O)NCCc1ccc(C)cc1)n1nc(C)c2c(C)n(-c3ccc(C)cc3)nc2c1=O. The van der Waals surface area contributed by atoms with Crippen LogP contribution in [0.25, 0.3) is 16.6 Å². The molecule has 0 aliphatic rings. The molecule has 0 saturated carbocycles. The molecule has 0 fully saturated rings. The molecular weight excluding hydrogens is 426 g/mol. The second kappa shape index (κ2) is 9.63. The first kappa shape index (κ1) is 23.4. The molecule has 0 radical (unpaired) electrons. The summed E-state index contributed by atoms with van der Waals surface area (Å²) in [5, 5.41) is 12.9. The molecule has 1 N–H and O–H groups in total. The second-order valence-electron chi connectivity index (χ2n) is 8.84. The van der Waals surface area contributed by atoms with Crippen molar-refractivity contribution in [3.8, 4) is 5.69 Å². The highest BCUT2D eigenvalue weighted by Gasteiger charge is 2.25. The second-order valence-corrected chi connectivity index (χ2v) is 8.84. The number of aryl methyl sites for hydroxylation is 4. The molecule has 0 spiro atoms. The number of aromatic nitrogens is 4. The zero-order valence-electron chi connectivity index (χ0n) is 20.4. The van der Waals surface area contributed by atoms with Crippen LogP contribution in [0.3, 0.4) is 0 Å². The van der Waals surface area contributed by atoms with Crippen LogP contribution in [0, 0.1) is 27.7 Å². The van der Waals surface area contributed by atoms with E-state index in [2.05, 4.69) is 39.8 Å². The van der Waals surface area contributed by atoms with Gasteiger partial charge in [-0.3, -0.25) is 9.59 Å². The number of hydrogen-bond donors (Lipinski definition) is 1. The quantitative estimate of drug-likeness (QED) is 0.453. The van der Waals surface area contributed by atoms with Crippen LogP contribution in [-0.2, 0) is 11.2 Å². The molecule has 7 heteroatoms. The summed E-state index contributed by atoms with van der Waals surface area (Å²) in [5.41, 5.74) is 5.90. The standard InChI is InChI=1S/C27H31N5O2/c1-6-23(26(33)28-16-15-21-11-7-17(2)8-12-21)32-27(34)25-24(19(4)29-32)20(5)31(30-25)22-13-9-18(3)10-14-22/h7-14,23H,6,15-16H2,1-5H3,(H,28,33)/t23-/m1/s1. The molecule has 1 amide bonds. The molecule has 176 valence electrons. The van der Waals surface area contributed by atoms with Crippen LogP contribution in [0.4, 0.5) is 0 Å². The fourth-order valence-corrected chi connectivity index (χ4v) is 4.27. The van der Waals surface area contributed by atoms with Crippen LogP contribution in [0.5, 0.6) is 0 Å². The molecule has 4 aromatic rings. The molecule has 0 unspecified atom stereocenters. The molecule has 1 atom stereocenters. The molecule has 2 heterocycles. The minimum atomic E-state index is -0.696. The fraction of sp³-hybridized carbons (Fsp3) is 0.333. The van der Waals surface area contributed by atoms with Crippen molar-refractivity contribution in [3.05, 3.63) is 87.0 Å². The van der Waals surface area contributed by atoms with Gasteiger partial charge in [0.15, 0.2) is 5.52 Å². The highest BCUT2D eigenvalue weighted by Crippen LogP contribution is 2.22. The van der Waals surface area contributed by atoms with Crippen LogP contribution in [0.1, 0.15) is 47.5 Å². The van der Waals surface area contributed by atoms with Gasteiger partial charge in [-0.1, -0.05) is 54.4 Å². The average molecular weight is 458 g/mol. The van der Waals surface area contributed by atoms with E-state index in [0.717, 1.165) is 34.3 Å². The maximum atomic E-state index is 13.4. The van der Waals surface area contributed by atoms with Crippen molar-refractivity contribution < 1.29 is 4.79 Å². The van der Waals surface area contributed by atoms with Gasteiger partial charge in [0.05, 0.1) is 22.5 Å². The van der Waals surface area contributed by atoms with Gasteiger partial charge in [-0.2, -0.15) is 10.2 Å². The Morgan fingerprint density at radius 1 is 0.941 bits per heavy atom. The molecular formula is C27H31N5O2. The van der Waals surface area contributed by atoms with Gasteiger partial charge in [-0.05, 0) is 58.2 Å². The van der Waals surface area contributed by atoms with Gasteiger partial charge in [0.25, 0.3) is 5.56 Å². The third-order valence-corrected chi connectivity index (χ3v) is 6.24. The third kappa shape index (κ3) is 4.51. The number of fused-ring (bicyclic) bond motifs is 1. The molecule has 0 aliphatic carbocycles. The van der Waals surface area contributed by atoms with Gasteiger partial charge in [-0.15, -0.1) is 0 Å². The molecule has 34 heavy (non-hydrogen) atoms. The number of nitrogens with one attached hydrogen (secondary N) is 1. The highest BCUT2D eigenvalue weighted by molar-refractivity contribution is 5.84. The van der Waals surface area contributed by atoms with Crippen molar-refractivity contribution in [2.45, 2.75) is 53.5 Å². The smallest absolute Gasteiger partial charge is 0.295 e. The van der Waals surface area contributed by atoms with Gasteiger partial charge < -0.3 is 5.32 Å². The Balaban J connectivity index is 1.62. The van der Waals surface area contributed by atoms with E-state index in [-0.39, 0.29) is 11.5 Å². The van der Waals surface area contributed by atoms with Crippen LogP contribution in [-0.4, -0.2) is 32.0 Å². The highest BCUT2D eigenvalue weighted by atomic mass is 16.2. The van der Waals surface area contributed by atoms with E-state index in [4.69, 9.17) is 0 Å². The minimum Gasteiger partial charge on any atom is -0.354 e.